The minimum absolute atomic E-state index is 0.353. The Bertz CT molecular complexity index is 647. The molecule has 1 N–H and O–H groups in total. The van der Waals surface area contributed by atoms with Gasteiger partial charge in [-0.3, -0.25) is 4.68 Å². The molecule has 0 aliphatic rings. The van der Waals surface area contributed by atoms with E-state index in [0.29, 0.717) is 18.2 Å². The Morgan fingerprint density at radius 2 is 2.10 bits per heavy atom. The van der Waals surface area contributed by atoms with Crippen molar-refractivity contribution in [1.82, 2.24) is 9.78 Å². The SMILES string of the molecule is Cc1nn(C(C)C)c(C)c1NCc1cccc(C#N)c1. The number of aromatic nitrogens is 2. The average Bonchev–Trinajstić information content (AvgIpc) is 2.72. The van der Waals surface area contributed by atoms with Gasteiger partial charge in [0.1, 0.15) is 0 Å². The van der Waals surface area contributed by atoms with Gasteiger partial charge in [0.05, 0.1) is 28.7 Å². The van der Waals surface area contributed by atoms with Gasteiger partial charge in [-0.15, -0.1) is 0 Å². The minimum atomic E-state index is 0.353. The molecule has 0 saturated heterocycles. The van der Waals surface area contributed by atoms with Crippen molar-refractivity contribution in [3.8, 4) is 6.07 Å². The maximum Gasteiger partial charge on any atom is 0.0991 e. The molecule has 1 aromatic carbocycles. The van der Waals surface area contributed by atoms with E-state index in [1.165, 1.54) is 0 Å². The van der Waals surface area contributed by atoms with E-state index in [2.05, 4.69) is 37.3 Å². The molecule has 104 valence electrons. The van der Waals surface area contributed by atoms with Gasteiger partial charge in [-0.1, -0.05) is 12.1 Å². The van der Waals surface area contributed by atoms with E-state index < -0.39 is 0 Å². The number of hydrogen-bond donors (Lipinski definition) is 1. The number of nitrogens with one attached hydrogen (secondary N) is 1. The Morgan fingerprint density at radius 3 is 2.70 bits per heavy atom. The van der Waals surface area contributed by atoms with Crippen molar-refractivity contribution in [1.29, 1.82) is 5.26 Å². The van der Waals surface area contributed by atoms with Crippen LogP contribution < -0.4 is 5.32 Å². The fourth-order valence-corrected chi connectivity index (χ4v) is 2.36. The van der Waals surface area contributed by atoms with Crippen LogP contribution in [0.4, 0.5) is 5.69 Å². The fraction of sp³-hybridized carbons (Fsp3) is 0.375. The second-order valence-electron chi connectivity index (χ2n) is 5.25. The molecule has 0 bridgehead atoms. The standard InChI is InChI=1S/C16H20N4/c1-11(2)20-13(4)16(12(3)19-20)18-10-15-7-5-6-14(8-15)9-17/h5-8,11,18H,10H2,1-4H3. The second kappa shape index (κ2) is 5.79. The van der Waals surface area contributed by atoms with Crippen molar-refractivity contribution in [2.75, 3.05) is 5.32 Å². The number of rotatable bonds is 4. The van der Waals surface area contributed by atoms with Gasteiger partial charge >= 0.3 is 0 Å². The first-order valence-electron chi connectivity index (χ1n) is 6.81. The molecule has 4 nitrogen and oxygen atoms in total. The van der Waals surface area contributed by atoms with Crippen LogP contribution in [-0.4, -0.2) is 9.78 Å². The number of nitriles is 1. The number of hydrogen-bond acceptors (Lipinski definition) is 3. The van der Waals surface area contributed by atoms with Crippen LogP contribution in [0.15, 0.2) is 24.3 Å². The van der Waals surface area contributed by atoms with Crippen molar-refractivity contribution in [3.63, 3.8) is 0 Å². The molecule has 0 saturated carbocycles. The summed E-state index contributed by atoms with van der Waals surface area (Å²) in [5, 5.41) is 16.9. The Hall–Kier alpha value is -2.28. The van der Waals surface area contributed by atoms with Gasteiger partial charge in [0.2, 0.25) is 0 Å². The lowest BCUT2D eigenvalue weighted by atomic mass is 10.1. The lowest BCUT2D eigenvalue weighted by molar-refractivity contribution is 0.516. The second-order valence-corrected chi connectivity index (χ2v) is 5.25. The van der Waals surface area contributed by atoms with Crippen molar-refractivity contribution >= 4 is 5.69 Å². The monoisotopic (exact) mass is 268 g/mol. The van der Waals surface area contributed by atoms with Gasteiger partial charge < -0.3 is 5.32 Å². The first kappa shape index (κ1) is 14.1. The lowest BCUT2D eigenvalue weighted by Crippen LogP contribution is -2.06. The summed E-state index contributed by atoms with van der Waals surface area (Å²) in [4.78, 5) is 0. The average molecular weight is 268 g/mol. The Morgan fingerprint density at radius 1 is 1.35 bits per heavy atom. The van der Waals surface area contributed by atoms with Crippen LogP contribution in [0.1, 0.15) is 42.4 Å². The molecule has 0 aliphatic heterocycles. The highest BCUT2D eigenvalue weighted by atomic mass is 15.3. The number of aryl methyl sites for hydroxylation is 1. The topological polar surface area (TPSA) is 53.6 Å². The van der Waals surface area contributed by atoms with Crippen LogP contribution in [0.25, 0.3) is 0 Å². The molecule has 2 aromatic rings. The molecule has 0 aliphatic carbocycles. The van der Waals surface area contributed by atoms with Gasteiger partial charge in [-0.05, 0) is 45.4 Å². The summed E-state index contributed by atoms with van der Waals surface area (Å²) < 4.78 is 2.03. The summed E-state index contributed by atoms with van der Waals surface area (Å²) in [6, 6.07) is 10.2. The Balaban J connectivity index is 2.17. The zero-order valence-corrected chi connectivity index (χ0v) is 12.4. The molecular formula is C16H20N4. The third-order valence-electron chi connectivity index (χ3n) is 3.34. The molecule has 0 unspecified atom stereocenters. The maximum atomic E-state index is 8.92. The van der Waals surface area contributed by atoms with Gasteiger partial charge in [-0.2, -0.15) is 10.4 Å². The van der Waals surface area contributed by atoms with Crippen molar-refractivity contribution in [2.45, 2.75) is 40.3 Å². The van der Waals surface area contributed by atoms with Gasteiger partial charge in [0.25, 0.3) is 0 Å². The molecule has 1 aromatic heterocycles. The van der Waals surface area contributed by atoms with E-state index in [1.807, 2.05) is 35.9 Å². The van der Waals surface area contributed by atoms with Crippen LogP contribution in [0.3, 0.4) is 0 Å². The maximum absolute atomic E-state index is 8.92. The molecule has 20 heavy (non-hydrogen) atoms. The first-order valence-corrected chi connectivity index (χ1v) is 6.81. The third-order valence-corrected chi connectivity index (χ3v) is 3.34. The van der Waals surface area contributed by atoms with E-state index in [0.717, 1.165) is 22.6 Å². The van der Waals surface area contributed by atoms with Gasteiger partial charge in [-0.25, -0.2) is 0 Å². The summed E-state index contributed by atoms with van der Waals surface area (Å²) in [6.45, 7) is 9.04. The zero-order chi connectivity index (χ0) is 14.7. The molecule has 0 atom stereocenters. The predicted molar refractivity (Wildman–Crippen MR) is 80.6 cm³/mol. The normalized spacial score (nSPS) is 10.6. The Kier molecular flexibility index (Phi) is 4.09. The fourth-order valence-electron chi connectivity index (χ4n) is 2.36. The van der Waals surface area contributed by atoms with Crippen LogP contribution in [0.5, 0.6) is 0 Å². The molecule has 0 amide bonds. The van der Waals surface area contributed by atoms with Crippen LogP contribution in [0.2, 0.25) is 0 Å². The van der Waals surface area contributed by atoms with Crippen molar-refractivity contribution in [2.24, 2.45) is 0 Å². The quantitative estimate of drug-likeness (QED) is 0.922. The van der Waals surface area contributed by atoms with Crippen molar-refractivity contribution in [3.05, 3.63) is 46.8 Å². The third kappa shape index (κ3) is 2.83. The van der Waals surface area contributed by atoms with E-state index in [9.17, 15) is 0 Å². The van der Waals surface area contributed by atoms with Crippen molar-refractivity contribution < 1.29 is 0 Å². The largest absolute Gasteiger partial charge is 0.378 e. The van der Waals surface area contributed by atoms with E-state index >= 15 is 0 Å². The molecular weight excluding hydrogens is 248 g/mol. The van der Waals surface area contributed by atoms with Crippen LogP contribution in [0, 0.1) is 25.2 Å². The molecule has 0 radical (unpaired) electrons. The van der Waals surface area contributed by atoms with Gasteiger partial charge in [0, 0.05) is 12.6 Å². The highest BCUT2D eigenvalue weighted by Gasteiger charge is 2.12. The molecule has 4 heteroatoms. The van der Waals surface area contributed by atoms with E-state index in [-0.39, 0.29) is 0 Å². The molecule has 0 spiro atoms. The predicted octanol–water partition coefficient (Wildman–Crippen LogP) is 3.56. The van der Waals surface area contributed by atoms with Crippen LogP contribution in [-0.2, 0) is 6.54 Å². The Labute approximate surface area is 120 Å². The summed E-state index contributed by atoms with van der Waals surface area (Å²) in [7, 11) is 0. The lowest BCUT2D eigenvalue weighted by Gasteiger charge is -2.10. The number of benzene rings is 1. The number of nitrogens with zero attached hydrogens (tertiary/aromatic N) is 3. The van der Waals surface area contributed by atoms with Gasteiger partial charge in [0.15, 0.2) is 0 Å². The highest BCUT2D eigenvalue weighted by Crippen LogP contribution is 2.23. The highest BCUT2D eigenvalue weighted by molar-refractivity contribution is 5.52. The van der Waals surface area contributed by atoms with Crippen LogP contribution >= 0.6 is 0 Å². The summed E-state index contributed by atoms with van der Waals surface area (Å²) in [5.41, 5.74) is 5.03. The van der Waals surface area contributed by atoms with E-state index in [4.69, 9.17) is 5.26 Å². The summed E-state index contributed by atoms with van der Waals surface area (Å²) in [5.74, 6) is 0. The minimum Gasteiger partial charge on any atom is -0.378 e. The smallest absolute Gasteiger partial charge is 0.0991 e. The van der Waals surface area contributed by atoms with E-state index in [1.54, 1.807) is 0 Å². The summed E-state index contributed by atoms with van der Waals surface area (Å²) >= 11 is 0. The molecule has 2 rings (SSSR count). The number of anilines is 1. The molecule has 1 heterocycles. The first-order chi connectivity index (χ1) is 9.52. The molecule has 0 fully saturated rings. The summed E-state index contributed by atoms with van der Waals surface area (Å²) in [6.07, 6.45) is 0. The zero-order valence-electron chi connectivity index (χ0n) is 12.4.